The first-order chi connectivity index (χ1) is 17.1. The van der Waals surface area contributed by atoms with Crippen molar-refractivity contribution < 1.29 is 18.7 Å². The molecule has 0 bridgehead atoms. The first kappa shape index (κ1) is 22.2. The molecule has 0 aliphatic rings. The maximum atomic E-state index is 12.9. The van der Waals surface area contributed by atoms with Crippen molar-refractivity contribution >= 4 is 16.9 Å². The van der Waals surface area contributed by atoms with E-state index >= 15 is 0 Å². The molecule has 4 aromatic carbocycles. The summed E-state index contributed by atoms with van der Waals surface area (Å²) in [7, 11) is 0. The lowest BCUT2D eigenvalue weighted by molar-refractivity contribution is 0.0735. The topological polar surface area (TPSA) is 65.7 Å². The molecular weight excluding hydrogens is 440 g/mol. The lowest BCUT2D eigenvalue weighted by Crippen LogP contribution is -2.09. The summed E-state index contributed by atoms with van der Waals surface area (Å²) in [6.45, 7) is 2.02. The molecule has 0 saturated carbocycles. The zero-order valence-electron chi connectivity index (χ0n) is 19.1. The third-order valence-electron chi connectivity index (χ3n) is 5.73. The van der Waals surface area contributed by atoms with E-state index in [0.717, 1.165) is 23.1 Å². The SMILES string of the molecule is CCc1ccccc1Oc1coc2cc(OC(=O)c3ccc(-c4ccccc4)cc3)ccc2c1=O. The molecule has 5 heteroatoms. The van der Waals surface area contributed by atoms with Crippen LogP contribution in [-0.2, 0) is 6.42 Å². The Morgan fingerprint density at radius 2 is 1.51 bits per heavy atom. The first-order valence-corrected chi connectivity index (χ1v) is 11.3. The molecule has 0 N–H and O–H groups in total. The zero-order chi connectivity index (χ0) is 24.2. The standard InChI is InChI=1S/C30H22O5/c1-2-20-8-6-7-11-26(20)35-28-19-33-27-18-24(16-17-25(27)29(28)31)34-30(32)23-14-12-22(13-15-23)21-9-4-3-5-10-21/h3-19H,2H2,1H3. The normalized spacial score (nSPS) is 10.8. The highest BCUT2D eigenvalue weighted by Crippen LogP contribution is 2.27. The lowest BCUT2D eigenvalue weighted by atomic mass is 10.0. The quantitative estimate of drug-likeness (QED) is 0.200. The molecule has 0 unspecified atom stereocenters. The molecular formula is C30H22O5. The molecule has 0 radical (unpaired) electrons. The largest absolute Gasteiger partial charge is 0.460 e. The van der Waals surface area contributed by atoms with Gasteiger partial charge in [-0.05, 0) is 53.4 Å². The Morgan fingerprint density at radius 1 is 0.800 bits per heavy atom. The van der Waals surface area contributed by atoms with Crippen molar-refractivity contribution in [3.63, 3.8) is 0 Å². The second-order valence-electron chi connectivity index (χ2n) is 7.98. The Labute approximate surface area is 202 Å². The number of carbonyl (C=O) groups excluding carboxylic acids is 1. The molecule has 0 atom stereocenters. The number of hydrogen-bond acceptors (Lipinski definition) is 5. The summed E-state index contributed by atoms with van der Waals surface area (Å²) < 4.78 is 17.0. The van der Waals surface area contributed by atoms with E-state index in [-0.39, 0.29) is 16.9 Å². The zero-order valence-corrected chi connectivity index (χ0v) is 19.1. The van der Waals surface area contributed by atoms with Gasteiger partial charge in [0, 0.05) is 6.07 Å². The van der Waals surface area contributed by atoms with E-state index in [9.17, 15) is 9.59 Å². The summed E-state index contributed by atoms with van der Waals surface area (Å²) in [4.78, 5) is 25.6. The van der Waals surface area contributed by atoms with Gasteiger partial charge in [0.25, 0.3) is 0 Å². The maximum absolute atomic E-state index is 12.9. The van der Waals surface area contributed by atoms with Gasteiger partial charge in [-0.1, -0.05) is 67.6 Å². The van der Waals surface area contributed by atoms with Crippen LogP contribution in [0.15, 0.2) is 113 Å². The van der Waals surface area contributed by atoms with Crippen LogP contribution in [0.3, 0.4) is 0 Å². The molecule has 0 amide bonds. The van der Waals surface area contributed by atoms with Crippen LogP contribution in [0, 0.1) is 0 Å². The molecule has 0 saturated heterocycles. The van der Waals surface area contributed by atoms with Crippen LogP contribution in [0.4, 0.5) is 0 Å². The molecule has 0 aliphatic heterocycles. The Balaban J connectivity index is 1.35. The highest BCUT2D eigenvalue weighted by molar-refractivity contribution is 5.92. The minimum atomic E-state index is -0.498. The van der Waals surface area contributed by atoms with Crippen molar-refractivity contribution in [2.75, 3.05) is 0 Å². The summed E-state index contributed by atoms with van der Waals surface area (Å²) in [5.74, 6) is 0.498. The smallest absolute Gasteiger partial charge is 0.343 e. The van der Waals surface area contributed by atoms with Gasteiger partial charge < -0.3 is 13.9 Å². The number of esters is 1. The van der Waals surface area contributed by atoms with Crippen LogP contribution in [0.1, 0.15) is 22.8 Å². The average molecular weight is 463 g/mol. The summed E-state index contributed by atoms with van der Waals surface area (Å²) in [5, 5.41) is 0.337. The molecule has 0 fully saturated rings. The number of para-hydroxylation sites is 1. The van der Waals surface area contributed by atoms with Gasteiger partial charge in [-0.2, -0.15) is 0 Å². The number of benzene rings is 4. The minimum Gasteiger partial charge on any atom is -0.460 e. The van der Waals surface area contributed by atoms with E-state index in [1.807, 2.05) is 73.7 Å². The summed E-state index contributed by atoms with van der Waals surface area (Å²) in [6, 6.07) is 29.3. The third-order valence-corrected chi connectivity index (χ3v) is 5.73. The molecule has 1 aromatic heterocycles. The van der Waals surface area contributed by atoms with Gasteiger partial charge in [-0.3, -0.25) is 4.79 Å². The van der Waals surface area contributed by atoms with Crippen molar-refractivity contribution in [3.05, 3.63) is 125 Å². The number of aryl methyl sites for hydroxylation is 1. The monoisotopic (exact) mass is 462 g/mol. The maximum Gasteiger partial charge on any atom is 0.343 e. The van der Waals surface area contributed by atoms with Gasteiger partial charge in [-0.25, -0.2) is 4.79 Å². The van der Waals surface area contributed by atoms with E-state index in [1.54, 1.807) is 24.3 Å². The molecule has 5 nitrogen and oxygen atoms in total. The van der Waals surface area contributed by atoms with Gasteiger partial charge in [0.15, 0.2) is 0 Å². The molecule has 35 heavy (non-hydrogen) atoms. The van der Waals surface area contributed by atoms with Crippen molar-refractivity contribution in [2.24, 2.45) is 0 Å². The summed E-state index contributed by atoms with van der Waals surface area (Å²) in [6.07, 6.45) is 2.06. The van der Waals surface area contributed by atoms with E-state index in [4.69, 9.17) is 13.9 Å². The fourth-order valence-corrected chi connectivity index (χ4v) is 3.83. The van der Waals surface area contributed by atoms with Gasteiger partial charge in [0.2, 0.25) is 11.2 Å². The number of ether oxygens (including phenoxy) is 2. The average Bonchev–Trinajstić information content (AvgIpc) is 2.91. The summed E-state index contributed by atoms with van der Waals surface area (Å²) >= 11 is 0. The first-order valence-electron chi connectivity index (χ1n) is 11.3. The second kappa shape index (κ2) is 9.69. The van der Waals surface area contributed by atoms with E-state index < -0.39 is 5.97 Å². The van der Waals surface area contributed by atoms with Crippen molar-refractivity contribution in [1.29, 1.82) is 0 Å². The Bertz CT molecular complexity index is 1550. The van der Waals surface area contributed by atoms with Crippen LogP contribution in [0.25, 0.3) is 22.1 Å². The molecule has 172 valence electrons. The van der Waals surface area contributed by atoms with Crippen LogP contribution in [0.5, 0.6) is 17.2 Å². The Morgan fingerprint density at radius 3 is 2.29 bits per heavy atom. The second-order valence-corrected chi connectivity index (χ2v) is 7.98. The molecule has 5 aromatic rings. The van der Waals surface area contributed by atoms with Gasteiger partial charge in [-0.15, -0.1) is 0 Å². The van der Waals surface area contributed by atoms with Crippen LogP contribution in [0.2, 0.25) is 0 Å². The van der Waals surface area contributed by atoms with Gasteiger partial charge >= 0.3 is 5.97 Å². The van der Waals surface area contributed by atoms with Gasteiger partial charge in [0.05, 0.1) is 10.9 Å². The highest BCUT2D eigenvalue weighted by Gasteiger charge is 2.14. The Kier molecular flexibility index (Phi) is 6.14. The van der Waals surface area contributed by atoms with Gasteiger partial charge in [0.1, 0.15) is 23.3 Å². The molecule has 1 heterocycles. The van der Waals surface area contributed by atoms with Crippen molar-refractivity contribution in [1.82, 2.24) is 0 Å². The van der Waals surface area contributed by atoms with Crippen LogP contribution >= 0.6 is 0 Å². The van der Waals surface area contributed by atoms with Crippen LogP contribution in [-0.4, -0.2) is 5.97 Å². The minimum absolute atomic E-state index is 0.0988. The number of rotatable bonds is 6. The predicted octanol–water partition coefficient (Wildman–Crippen LogP) is 7.03. The third kappa shape index (κ3) is 4.70. The molecule has 5 rings (SSSR count). The molecule has 0 spiro atoms. The predicted molar refractivity (Wildman–Crippen MR) is 135 cm³/mol. The van der Waals surface area contributed by atoms with Crippen molar-refractivity contribution in [2.45, 2.75) is 13.3 Å². The molecule has 0 aliphatic carbocycles. The van der Waals surface area contributed by atoms with Crippen LogP contribution < -0.4 is 14.9 Å². The number of hydrogen-bond donors (Lipinski definition) is 0. The number of fused-ring (bicyclic) bond motifs is 1. The lowest BCUT2D eigenvalue weighted by Gasteiger charge is -2.10. The van der Waals surface area contributed by atoms with E-state index in [2.05, 4.69) is 0 Å². The Hall–Kier alpha value is -4.64. The summed E-state index contributed by atoms with van der Waals surface area (Å²) in [5.41, 5.74) is 3.49. The number of carbonyl (C=O) groups is 1. The van der Waals surface area contributed by atoms with Crippen molar-refractivity contribution in [3.8, 4) is 28.4 Å². The van der Waals surface area contributed by atoms with E-state index in [0.29, 0.717) is 22.3 Å². The van der Waals surface area contributed by atoms with E-state index in [1.165, 1.54) is 12.3 Å². The highest BCUT2D eigenvalue weighted by atomic mass is 16.5. The fourth-order valence-electron chi connectivity index (χ4n) is 3.83. The fraction of sp³-hybridized carbons (Fsp3) is 0.0667.